The maximum Gasteiger partial charge on any atom is 0.0890 e. The maximum absolute atomic E-state index is 3.81. The second kappa shape index (κ2) is 20.7. The zero-order chi connectivity index (χ0) is 40.5. The topological polar surface area (TPSA) is 6.48 Å². The summed E-state index contributed by atoms with van der Waals surface area (Å²) in [6, 6.07) is 47.9. The lowest BCUT2D eigenvalue weighted by atomic mass is 10.0. The van der Waals surface area contributed by atoms with Gasteiger partial charge < -0.3 is 9.80 Å². The molecule has 6 aromatic carbocycles. The van der Waals surface area contributed by atoms with Crippen molar-refractivity contribution in [3.05, 3.63) is 247 Å². The van der Waals surface area contributed by atoms with Crippen LogP contribution < -0.4 is 9.80 Å². The van der Waals surface area contributed by atoms with Crippen LogP contribution in [0.4, 0.5) is 22.7 Å². The minimum absolute atomic E-state index is 0.799. The molecule has 1 aliphatic carbocycles. The average molecular weight is 753 g/mol. The van der Waals surface area contributed by atoms with E-state index in [1.807, 2.05) is 39.0 Å². The predicted molar refractivity (Wildman–Crippen MR) is 256 cm³/mol. The molecule has 2 heteroatoms. The summed E-state index contributed by atoms with van der Waals surface area (Å²) in [5.41, 5.74) is 13.6. The van der Waals surface area contributed by atoms with Gasteiger partial charge in [0.25, 0.3) is 0 Å². The van der Waals surface area contributed by atoms with E-state index < -0.39 is 0 Å². The van der Waals surface area contributed by atoms with Crippen molar-refractivity contribution >= 4 is 56.4 Å². The molecule has 1 aliphatic rings. The van der Waals surface area contributed by atoms with Crippen LogP contribution in [0, 0.1) is 0 Å². The Bertz CT molecular complexity index is 2620. The van der Waals surface area contributed by atoms with Crippen LogP contribution in [0.2, 0.25) is 0 Å². The SMILES string of the molecule is C=C/C=C/C=C=C(/C=C(C)/C=C\C)N(C1=CC=CC=CC1)c1ccc2cc(/C=C/c3ccc(N(c4ccccc4)c4ccc5ccccc5c4)cc3)ccc2c1.CC. The van der Waals surface area contributed by atoms with Gasteiger partial charge in [-0.05, 0) is 125 Å². The number of para-hydroxylation sites is 1. The highest BCUT2D eigenvalue weighted by atomic mass is 15.2. The van der Waals surface area contributed by atoms with Gasteiger partial charge in [0.2, 0.25) is 0 Å². The Morgan fingerprint density at radius 3 is 2.03 bits per heavy atom. The molecular weight excluding hydrogens is 701 g/mol. The van der Waals surface area contributed by atoms with Crippen molar-refractivity contribution in [3.63, 3.8) is 0 Å². The molecule has 0 heterocycles. The van der Waals surface area contributed by atoms with Crippen LogP contribution >= 0.6 is 0 Å². The molecule has 0 spiro atoms. The number of fused-ring (bicyclic) bond motifs is 2. The molecule has 0 fully saturated rings. The van der Waals surface area contributed by atoms with Gasteiger partial charge in [-0.1, -0.05) is 172 Å². The van der Waals surface area contributed by atoms with Gasteiger partial charge >= 0.3 is 0 Å². The molecule has 0 radical (unpaired) electrons. The van der Waals surface area contributed by atoms with E-state index >= 15 is 0 Å². The molecule has 0 atom stereocenters. The number of hydrogen-bond acceptors (Lipinski definition) is 2. The molecule has 0 bridgehead atoms. The average Bonchev–Trinajstić information content (AvgIpc) is 3.55. The molecule has 0 saturated heterocycles. The van der Waals surface area contributed by atoms with E-state index in [9.17, 15) is 0 Å². The summed E-state index contributed by atoms with van der Waals surface area (Å²) in [6.45, 7) is 12.0. The Hall–Kier alpha value is -7.12. The first-order chi connectivity index (χ1) is 28.6. The van der Waals surface area contributed by atoms with E-state index in [4.69, 9.17) is 0 Å². The molecule has 0 aliphatic heterocycles. The molecule has 286 valence electrons. The molecule has 58 heavy (non-hydrogen) atoms. The summed E-state index contributed by atoms with van der Waals surface area (Å²) in [4.78, 5) is 4.62. The van der Waals surface area contributed by atoms with Crippen LogP contribution in [-0.4, -0.2) is 0 Å². The summed E-state index contributed by atoms with van der Waals surface area (Å²) in [5.74, 6) is 0. The molecule has 0 aromatic heterocycles. The Kier molecular flexibility index (Phi) is 14.5. The molecule has 0 N–H and O–H groups in total. The summed E-state index contributed by atoms with van der Waals surface area (Å²) in [7, 11) is 0. The molecule has 0 saturated carbocycles. The van der Waals surface area contributed by atoms with Crippen molar-refractivity contribution in [2.75, 3.05) is 9.80 Å². The highest BCUT2D eigenvalue weighted by Gasteiger charge is 2.17. The highest BCUT2D eigenvalue weighted by molar-refractivity contribution is 5.91. The van der Waals surface area contributed by atoms with Crippen molar-refractivity contribution in [1.82, 2.24) is 0 Å². The first-order valence-corrected chi connectivity index (χ1v) is 20.1. The fourth-order valence-corrected chi connectivity index (χ4v) is 6.92. The molecule has 2 nitrogen and oxygen atoms in total. The van der Waals surface area contributed by atoms with Gasteiger partial charge in [-0.3, -0.25) is 0 Å². The minimum Gasteiger partial charge on any atom is -0.310 e. The molecule has 7 rings (SSSR count). The second-order valence-corrected chi connectivity index (χ2v) is 13.6. The smallest absolute Gasteiger partial charge is 0.0890 e. The van der Waals surface area contributed by atoms with Gasteiger partial charge in [0.05, 0.1) is 5.70 Å². The van der Waals surface area contributed by atoms with E-state index in [2.05, 4.69) is 223 Å². The largest absolute Gasteiger partial charge is 0.310 e. The van der Waals surface area contributed by atoms with Gasteiger partial charge in [0.15, 0.2) is 0 Å². The zero-order valence-electron chi connectivity index (χ0n) is 34.1. The van der Waals surface area contributed by atoms with Gasteiger partial charge in [-0.25, -0.2) is 0 Å². The van der Waals surface area contributed by atoms with Crippen molar-refractivity contribution < 1.29 is 0 Å². The standard InChI is InChI=1S/C54H46N2.C2H6/c1-4-6-7-11-25-52(38-42(3)18-5-2)56(50-21-12-8-9-13-22-50)54-37-33-47-39-44(28-31-48(47)41-54)27-26-43-29-34-51(35-30-43)55(49-23-14-10-15-24-49)53-36-32-45-19-16-17-20-46(45)40-53;1-2/h4-21,23-24,26-41H,1,22H2,2-3H3;1-2H3/b7-6+,18-5-,27-26+,42-38+;. The summed E-state index contributed by atoms with van der Waals surface area (Å²) >= 11 is 0. The molecule has 0 amide bonds. The summed E-state index contributed by atoms with van der Waals surface area (Å²) in [5, 5.41) is 4.82. The summed E-state index contributed by atoms with van der Waals surface area (Å²) < 4.78 is 0. The molecule has 6 aromatic rings. The molecular formula is C56H52N2. The number of hydrogen-bond donors (Lipinski definition) is 0. The van der Waals surface area contributed by atoms with Gasteiger partial charge in [-0.2, -0.15) is 0 Å². The third kappa shape index (κ3) is 10.4. The highest BCUT2D eigenvalue weighted by Crippen LogP contribution is 2.36. The van der Waals surface area contributed by atoms with Crippen molar-refractivity contribution in [2.24, 2.45) is 0 Å². The Morgan fingerprint density at radius 2 is 1.24 bits per heavy atom. The zero-order valence-corrected chi connectivity index (χ0v) is 34.1. The van der Waals surface area contributed by atoms with Crippen molar-refractivity contribution in [1.29, 1.82) is 0 Å². The van der Waals surface area contributed by atoms with Crippen LogP contribution in [0.1, 0.15) is 45.2 Å². The van der Waals surface area contributed by atoms with Crippen LogP contribution in [0.3, 0.4) is 0 Å². The number of nitrogens with zero attached hydrogens (tertiary/aromatic N) is 2. The quantitative estimate of drug-likeness (QED) is 0.0698. The van der Waals surface area contributed by atoms with E-state index in [0.717, 1.165) is 57.3 Å². The van der Waals surface area contributed by atoms with E-state index in [-0.39, 0.29) is 0 Å². The third-order valence-electron chi connectivity index (χ3n) is 9.60. The fraction of sp³-hybridized carbons (Fsp3) is 0.0893. The molecule has 0 unspecified atom stereocenters. The number of anilines is 4. The maximum atomic E-state index is 3.81. The normalized spacial score (nSPS) is 12.6. The predicted octanol–water partition coefficient (Wildman–Crippen LogP) is 16.2. The van der Waals surface area contributed by atoms with Gasteiger partial charge in [0.1, 0.15) is 0 Å². The van der Waals surface area contributed by atoms with Crippen LogP contribution in [-0.2, 0) is 0 Å². The monoisotopic (exact) mass is 752 g/mol. The Labute approximate surface area is 345 Å². The third-order valence-corrected chi connectivity index (χ3v) is 9.60. The van der Waals surface area contributed by atoms with E-state index in [0.29, 0.717) is 0 Å². The van der Waals surface area contributed by atoms with Gasteiger partial charge in [-0.15, -0.1) is 0 Å². The second-order valence-electron chi connectivity index (χ2n) is 13.6. The first-order valence-electron chi connectivity index (χ1n) is 20.1. The van der Waals surface area contributed by atoms with Gasteiger partial charge in [0, 0.05) is 34.9 Å². The van der Waals surface area contributed by atoms with E-state index in [1.54, 1.807) is 6.08 Å². The number of allylic oxidation sites excluding steroid dienone is 12. The van der Waals surface area contributed by atoms with Crippen LogP contribution in [0.25, 0.3) is 33.7 Å². The summed E-state index contributed by atoms with van der Waals surface area (Å²) in [6.07, 6.45) is 29.8. The minimum atomic E-state index is 0.799. The Morgan fingerprint density at radius 1 is 0.621 bits per heavy atom. The fourth-order valence-electron chi connectivity index (χ4n) is 6.92. The lowest BCUT2D eigenvalue weighted by molar-refractivity contribution is 1.04. The lowest BCUT2D eigenvalue weighted by Crippen LogP contribution is -2.20. The van der Waals surface area contributed by atoms with Crippen molar-refractivity contribution in [3.8, 4) is 0 Å². The van der Waals surface area contributed by atoms with Crippen molar-refractivity contribution in [2.45, 2.75) is 34.1 Å². The van der Waals surface area contributed by atoms with Crippen LogP contribution in [0.5, 0.6) is 0 Å². The first kappa shape index (κ1) is 40.5. The Balaban J connectivity index is 0.00000279. The number of benzene rings is 6. The lowest BCUT2D eigenvalue weighted by Gasteiger charge is -2.28. The number of rotatable bonds is 12. The van der Waals surface area contributed by atoms with E-state index in [1.165, 1.54) is 21.5 Å². The van der Waals surface area contributed by atoms with Crippen LogP contribution in [0.15, 0.2) is 236 Å².